The van der Waals surface area contributed by atoms with Gasteiger partial charge in [0.15, 0.2) is 5.82 Å². The van der Waals surface area contributed by atoms with Crippen LogP contribution in [0, 0.1) is 0 Å². The Bertz CT molecular complexity index is 562. The molecule has 7 heteroatoms. The predicted octanol–water partition coefficient (Wildman–Crippen LogP) is 1.33. The summed E-state index contributed by atoms with van der Waals surface area (Å²) in [6.07, 6.45) is 4.08. The van der Waals surface area contributed by atoms with E-state index in [1.54, 1.807) is 17.2 Å². The van der Waals surface area contributed by atoms with Crippen LogP contribution in [-0.2, 0) is 6.42 Å². The highest BCUT2D eigenvalue weighted by Gasteiger charge is 2.34. The largest absolute Gasteiger partial charge is 0.339 e. The van der Waals surface area contributed by atoms with Gasteiger partial charge in [0.1, 0.15) is 5.69 Å². The summed E-state index contributed by atoms with van der Waals surface area (Å²) in [4.78, 5) is 18.4. The number of hydrogen-bond donors (Lipinski definition) is 1. The van der Waals surface area contributed by atoms with Gasteiger partial charge >= 0.3 is 0 Å². The smallest absolute Gasteiger partial charge is 0.272 e. The number of rotatable bonds is 3. The zero-order chi connectivity index (χ0) is 13.2. The fourth-order valence-electron chi connectivity index (χ4n) is 2.35. The van der Waals surface area contributed by atoms with Gasteiger partial charge in [0.2, 0.25) is 5.89 Å². The number of aryl methyl sites for hydroxylation is 1. The summed E-state index contributed by atoms with van der Waals surface area (Å²) in [7, 11) is 0. The maximum Gasteiger partial charge on any atom is 0.272 e. The molecule has 1 N–H and O–H groups in total. The van der Waals surface area contributed by atoms with E-state index in [0.717, 1.165) is 12.8 Å². The highest BCUT2D eigenvalue weighted by molar-refractivity contribution is 5.92. The number of H-pyrrole nitrogens is 1. The standard InChI is InChI=1S/C12H15N5O2/c1-2-10-14-11(16-19-10)9-4-3-7-17(9)12(18)8-5-6-13-15-8/h5-6,9H,2-4,7H2,1H3,(H,13,15)/t9-/m1/s1. The molecule has 0 saturated carbocycles. The first-order valence-electron chi connectivity index (χ1n) is 6.42. The van der Waals surface area contributed by atoms with Crippen LogP contribution in [0.3, 0.4) is 0 Å². The van der Waals surface area contributed by atoms with E-state index in [-0.39, 0.29) is 11.9 Å². The minimum atomic E-state index is -0.0974. The molecule has 2 aromatic heterocycles. The normalized spacial score (nSPS) is 19.0. The first-order valence-corrected chi connectivity index (χ1v) is 6.42. The second-order valence-electron chi connectivity index (χ2n) is 4.53. The molecule has 3 heterocycles. The van der Waals surface area contributed by atoms with Crippen LogP contribution in [0.1, 0.15) is 48.0 Å². The molecular formula is C12H15N5O2. The molecule has 19 heavy (non-hydrogen) atoms. The Kier molecular flexibility index (Phi) is 3.02. The van der Waals surface area contributed by atoms with E-state index >= 15 is 0 Å². The number of amides is 1. The summed E-state index contributed by atoms with van der Waals surface area (Å²) < 4.78 is 5.13. The van der Waals surface area contributed by atoms with Gasteiger partial charge in [-0.3, -0.25) is 9.89 Å². The Morgan fingerprint density at radius 1 is 1.63 bits per heavy atom. The van der Waals surface area contributed by atoms with Crippen molar-refractivity contribution >= 4 is 5.91 Å². The molecule has 1 amide bonds. The average molecular weight is 261 g/mol. The molecule has 0 bridgehead atoms. The van der Waals surface area contributed by atoms with Gasteiger partial charge in [0, 0.05) is 19.2 Å². The summed E-state index contributed by atoms with van der Waals surface area (Å²) in [6, 6.07) is 1.57. The van der Waals surface area contributed by atoms with Gasteiger partial charge in [-0.15, -0.1) is 0 Å². The van der Waals surface area contributed by atoms with Crippen molar-refractivity contribution in [3.8, 4) is 0 Å². The summed E-state index contributed by atoms with van der Waals surface area (Å²) in [5.41, 5.74) is 0.492. The van der Waals surface area contributed by atoms with Gasteiger partial charge in [0.25, 0.3) is 5.91 Å². The van der Waals surface area contributed by atoms with E-state index < -0.39 is 0 Å². The lowest BCUT2D eigenvalue weighted by Crippen LogP contribution is -2.31. The van der Waals surface area contributed by atoms with E-state index in [1.807, 2.05) is 6.92 Å². The molecule has 0 spiro atoms. The maximum absolute atomic E-state index is 12.3. The van der Waals surface area contributed by atoms with Crippen molar-refractivity contribution in [3.63, 3.8) is 0 Å². The molecule has 100 valence electrons. The minimum absolute atomic E-state index is 0.0668. The summed E-state index contributed by atoms with van der Waals surface area (Å²) in [6.45, 7) is 2.66. The van der Waals surface area contributed by atoms with Crippen molar-refractivity contribution < 1.29 is 9.32 Å². The van der Waals surface area contributed by atoms with Gasteiger partial charge in [-0.2, -0.15) is 10.1 Å². The number of nitrogens with one attached hydrogen (secondary N) is 1. The highest BCUT2D eigenvalue weighted by Crippen LogP contribution is 2.31. The third kappa shape index (κ3) is 2.11. The van der Waals surface area contributed by atoms with Gasteiger partial charge in [-0.05, 0) is 18.9 Å². The van der Waals surface area contributed by atoms with Gasteiger partial charge in [0.05, 0.1) is 6.04 Å². The average Bonchev–Trinajstić information content (AvgIpc) is 3.16. The lowest BCUT2D eigenvalue weighted by Gasteiger charge is -2.21. The first kappa shape index (κ1) is 11.9. The van der Waals surface area contributed by atoms with Crippen LogP contribution >= 0.6 is 0 Å². The quantitative estimate of drug-likeness (QED) is 0.900. The third-order valence-electron chi connectivity index (χ3n) is 3.33. The Balaban J connectivity index is 1.83. The molecule has 3 rings (SSSR count). The van der Waals surface area contributed by atoms with Crippen molar-refractivity contribution in [3.05, 3.63) is 29.7 Å². The number of aromatic nitrogens is 4. The molecule has 1 fully saturated rings. The summed E-state index contributed by atoms with van der Waals surface area (Å²) in [5.74, 6) is 1.14. The maximum atomic E-state index is 12.3. The number of nitrogens with zero attached hydrogens (tertiary/aromatic N) is 4. The van der Waals surface area contributed by atoms with Crippen molar-refractivity contribution in [2.45, 2.75) is 32.2 Å². The van der Waals surface area contributed by atoms with Crippen LogP contribution < -0.4 is 0 Å². The molecule has 1 aliphatic rings. The van der Waals surface area contributed by atoms with E-state index in [9.17, 15) is 4.79 Å². The van der Waals surface area contributed by atoms with Gasteiger partial charge in [-0.25, -0.2) is 0 Å². The second-order valence-corrected chi connectivity index (χ2v) is 4.53. The van der Waals surface area contributed by atoms with E-state index in [4.69, 9.17) is 4.52 Å². The van der Waals surface area contributed by atoms with E-state index in [2.05, 4.69) is 20.3 Å². The monoisotopic (exact) mass is 261 g/mol. The molecule has 0 radical (unpaired) electrons. The van der Waals surface area contributed by atoms with Gasteiger partial charge in [-0.1, -0.05) is 12.1 Å². The molecule has 0 unspecified atom stereocenters. The fraction of sp³-hybridized carbons (Fsp3) is 0.500. The molecule has 2 aromatic rings. The SMILES string of the molecule is CCc1nc([C@H]2CCCN2C(=O)c2ccn[nH]2)no1. The molecule has 0 aromatic carbocycles. The van der Waals surface area contributed by atoms with Crippen LogP contribution in [0.15, 0.2) is 16.8 Å². The number of carbonyl (C=O) groups is 1. The van der Waals surface area contributed by atoms with Crippen molar-refractivity contribution in [2.24, 2.45) is 0 Å². The molecule has 7 nitrogen and oxygen atoms in total. The summed E-state index contributed by atoms with van der Waals surface area (Å²) >= 11 is 0. The van der Waals surface area contributed by atoms with Gasteiger partial charge < -0.3 is 9.42 Å². The Morgan fingerprint density at radius 2 is 2.53 bits per heavy atom. The zero-order valence-corrected chi connectivity index (χ0v) is 10.7. The van der Waals surface area contributed by atoms with Crippen molar-refractivity contribution in [1.29, 1.82) is 0 Å². The Labute approximate surface area is 110 Å². The van der Waals surface area contributed by atoms with E-state index in [1.165, 1.54) is 0 Å². The summed E-state index contributed by atoms with van der Waals surface area (Å²) in [5, 5.41) is 10.5. The minimum Gasteiger partial charge on any atom is -0.339 e. The second kappa shape index (κ2) is 4.83. The van der Waals surface area contributed by atoms with Crippen molar-refractivity contribution in [2.75, 3.05) is 6.54 Å². The van der Waals surface area contributed by atoms with E-state index in [0.29, 0.717) is 30.4 Å². The number of likely N-dealkylation sites (tertiary alicyclic amines) is 1. The highest BCUT2D eigenvalue weighted by atomic mass is 16.5. The third-order valence-corrected chi connectivity index (χ3v) is 3.33. The molecule has 0 aliphatic carbocycles. The van der Waals surface area contributed by atoms with Crippen molar-refractivity contribution in [1.82, 2.24) is 25.2 Å². The first-order chi connectivity index (χ1) is 9.29. The molecular weight excluding hydrogens is 246 g/mol. The fourth-order valence-corrected chi connectivity index (χ4v) is 2.35. The lowest BCUT2D eigenvalue weighted by atomic mass is 10.2. The van der Waals surface area contributed by atoms with Crippen LogP contribution in [0.5, 0.6) is 0 Å². The Hall–Kier alpha value is -2.18. The number of aromatic amines is 1. The van der Waals surface area contributed by atoms with Crippen LogP contribution in [0.25, 0.3) is 0 Å². The van der Waals surface area contributed by atoms with Crippen LogP contribution in [0.4, 0.5) is 0 Å². The Morgan fingerprint density at radius 3 is 3.21 bits per heavy atom. The number of hydrogen-bond acceptors (Lipinski definition) is 5. The molecule has 1 atom stereocenters. The lowest BCUT2D eigenvalue weighted by molar-refractivity contribution is 0.0722. The van der Waals surface area contributed by atoms with Crippen LogP contribution in [-0.4, -0.2) is 37.7 Å². The number of carbonyl (C=O) groups excluding carboxylic acids is 1. The molecule has 1 saturated heterocycles. The zero-order valence-electron chi connectivity index (χ0n) is 10.7. The molecule has 1 aliphatic heterocycles. The predicted molar refractivity (Wildman–Crippen MR) is 65.3 cm³/mol. The van der Waals surface area contributed by atoms with Crippen LogP contribution in [0.2, 0.25) is 0 Å². The topological polar surface area (TPSA) is 87.9 Å².